The molecular weight excluding hydrogens is 412 g/mol. The predicted octanol–water partition coefficient (Wildman–Crippen LogP) is 4.27. The molecule has 2 amide bonds. The zero-order valence-corrected chi connectivity index (χ0v) is 19.1. The molecule has 2 aliphatic rings. The van der Waals surface area contributed by atoms with Gasteiger partial charge >= 0.3 is 0 Å². The summed E-state index contributed by atoms with van der Waals surface area (Å²) in [7, 11) is 0. The molecule has 2 fully saturated rings. The lowest BCUT2D eigenvalue weighted by Gasteiger charge is -2.30. The molecule has 1 saturated heterocycles. The summed E-state index contributed by atoms with van der Waals surface area (Å²) in [6, 6.07) is 16.1. The maximum atomic E-state index is 13.0. The summed E-state index contributed by atoms with van der Waals surface area (Å²) in [5.41, 5.74) is 4.37. The highest BCUT2D eigenvalue weighted by molar-refractivity contribution is 5.89. The van der Waals surface area contributed by atoms with Crippen LogP contribution in [-0.4, -0.2) is 38.9 Å². The second-order valence-electron chi connectivity index (χ2n) is 9.42. The molecule has 1 N–H and O–H groups in total. The van der Waals surface area contributed by atoms with Gasteiger partial charge in [-0.2, -0.15) is 0 Å². The molecule has 1 aliphatic carbocycles. The number of hydrogen-bond donors (Lipinski definition) is 1. The fourth-order valence-electron chi connectivity index (χ4n) is 5.29. The van der Waals surface area contributed by atoms with E-state index in [-0.39, 0.29) is 23.8 Å². The standard InChI is InChI=1S/C27H32N4O2/c32-26(25-11-6-16-31(25)27(33)22-7-2-1-3-8-22)28-17-20-12-14-21(15-13-20)18-30-19-29-23-9-4-5-10-24(23)30/h4-5,9-10,12-15,19,22,25H,1-3,6-8,11,16-18H2,(H,28,32). The first kappa shape index (κ1) is 21.7. The monoisotopic (exact) mass is 444 g/mol. The summed E-state index contributed by atoms with van der Waals surface area (Å²) in [5, 5.41) is 3.07. The van der Waals surface area contributed by atoms with E-state index in [1.54, 1.807) is 0 Å². The number of carbonyl (C=O) groups is 2. The van der Waals surface area contributed by atoms with Gasteiger partial charge in [-0.3, -0.25) is 9.59 Å². The van der Waals surface area contributed by atoms with E-state index in [9.17, 15) is 9.59 Å². The first-order valence-corrected chi connectivity index (χ1v) is 12.2. The number of rotatable bonds is 6. The molecule has 0 radical (unpaired) electrons. The number of imidazole rings is 1. The number of aromatic nitrogens is 2. The molecule has 6 heteroatoms. The largest absolute Gasteiger partial charge is 0.350 e. The number of likely N-dealkylation sites (tertiary alicyclic amines) is 1. The molecule has 1 aliphatic heterocycles. The predicted molar refractivity (Wildman–Crippen MR) is 128 cm³/mol. The van der Waals surface area contributed by atoms with Crippen LogP contribution in [0.1, 0.15) is 56.1 Å². The second kappa shape index (κ2) is 9.77. The third-order valence-corrected chi connectivity index (χ3v) is 7.16. The van der Waals surface area contributed by atoms with Gasteiger partial charge in [0.25, 0.3) is 0 Å². The Morgan fingerprint density at radius 2 is 1.67 bits per heavy atom. The number of benzene rings is 2. The van der Waals surface area contributed by atoms with Crippen LogP contribution in [-0.2, 0) is 22.7 Å². The molecule has 0 spiro atoms. The Morgan fingerprint density at radius 3 is 2.48 bits per heavy atom. The van der Waals surface area contributed by atoms with Gasteiger partial charge in [0.2, 0.25) is 11.8 Å². The van der Waals surface area contributed by atoms with Crippen LogP contribution in [0.2, 0.25) is 0 Å². The molecule has 5 rings (SSSR count). The zero-order chi connectivity index (χ0) is 22.6. The first-order chi connectivity index (χ1) is 16.2. The van der Waals surface area contributed by atoms with Crippen LogP contribution in [0, 0.1) is 5.92 Å². The SMILES string of the molecule is O=C(NCc1ccc(Cn2cnc3ccccc32)cc1)C1CCCN1C(=O)C1CCCCC1. The third-order valence-electron chi connectivity index (χ3n) is 7.16. The molecule has 6 nitrogen and oxygen atoms in total. The Labute approximate surface area is 195 Å². The lowest BCUT2D eigenvalue weighted by molar-refractivity contribution is -0.142. The molecule has 0 bridgehead atoms. The minimum absolute atomic E-state index is 0.0226. The molecule has 1 saturated carbocycles. The summed E-state index contributed by atoms with van der Waals surface area (Å²) < 4.78 is 2.14. The van der Waals surface area contributed by atoms with Crippen LogP contribution >= 0.6 is 0 Å². The third kappa shape index (κ3) is 4.80. The van der Waals surface area contributed by atoms with E-state index in [0.717, 1.165) is 61.7 Å². The maximum absolute atomic E-state index is 13.0. The van der Waals surface area contributed by atoms with Crippen molar-refractivity contribution >= 4 is 22.8 Å². The molecule has 2 heterocycles. The van der Waals surface area contributed by atoms with Crippen molar-refractivity contribution in [3.8, 4) is 0 Å². The van der Waals surface area contributed by atoms with Crippen LogP contribution in [0.15, 0.2) is 54.9 Å². The van der Waals surface area contributed by atoms with Crippen molar-refractivity contribution in [2.24, 2.45) is 5.92 Å². The van der Waals surface area contributed by atoms with Gasteiger partial charge in [-0.15, -0.1) is 0 Å². The number of carbonyl (C=O) groups excluding carboxylic acids is 2. The normalized spacial score (nSPS) is 19.2. The lowest BCUT2D eigenvalue weighted by Crippen LogP contribution is -2.47. The highest BCUT2D eigenvalue weighted by atomic mass is 16.2. The average Bonchev–Trinajstić information content (AvgIpc) is 3.51. The highest BCUT2D eigenvalue weighted by Gasteiger charge is 2.37. The highest BCUT2D eigenvalue weighted by Crippen LogP contribution is 2.29. The van der Waals surface area contributed by atoms with Crippen LogP contribution < -0.4 is 5.32 Å². The van der Waals surface area contributed by atoms with E-state index in [1.807, 2.05) is 29.4 Å². The Morgan fingerprint density at radius 1 is 0.909 bits per heavy atom. The van der Waals surface area contributed by atoms with Gasteiger partial charge in [0.05, 0.1) is 17.4 Å². The number of fused-ring (bicyclic) bond motifs is 1. The van der Waals surface area contributed by atoms with Crippen molar-refractivity contribution in [3.05, 3.63) is 66.0 Å². The van der Waals surface area contributed by atoms with Crippen molar-refractivity contribution in [1.29, 1.82) is 0 Å². The number of nitrogens with zero attached hydrogens (tertiary/aromatic N) is 3. The van der Waals surface area contributed by atoms with Crippen molar-refractivity contribution in [2.45, 2.75) is 64.1 Å². The minimum atomic E-state index is -0.312. The van der Waals surface area contributed by atoms with Gasteiger partial charge in [0.15, 0.2) is 0 Å². The van der Waals surface area contributed by atoms with E-state index < -0.39 is 0 Å². The van der Waals surface area contributed by atoms with E-state index in [4.69, 9.17) is 0 Å². The number of amides is 2. The molecular formula is C27H32N4O2. The van der Waals surface area contributed by atoms with Crippen molar-refractivity contribution in [2.75, 3.05) is 6.54 Å². The van der Waals surface area contributed by atoms with Gasteiger partial charge in [-0.25, -0.2) is 4.98 Å². The van der Waals surface area contributed by atoms with Gasteiger partial charge in [0, 0.05) is 25.6 Å². The van der Waals surface area contributed by atoms with Crippen LogP contribution in [0.4, 0.5) is 0 Å². The first-order valence-electron chi connectivity index (χ1n) is 12.2. The van der Waals surface area contributed by atoms with Crippen molar-refractivity contribution in [3.63, 3.8) is 0 Å². The lowest BCUT2D eigenvalue weighted by atomic mass is 9.88. The molecule has 172 valence electrons. The van der Waals surface area contributed by atoms with Crippen molar-refractivity contribution in [1.82, 2.24) is 19.8 Å². The second-order valence-corrected chi connectivity index (χ2v) is 9.42. The Kier molecular flexibility index (Phi) is 6.42. The summed E-state index contributed by atoms with van der Waals surface area (Å²) in [6.45, 7) is 1.95. The van der Waals surface area contributed by atoms with Gasteiger partial charge in [0.1, 0.15) is 6.04 Å². The molecule has 1 atom stereocenters. The minimum Gasteiger partial charge on any atom is -0.350 e. The Bertz CT molecular complexity index is 1110. The van der Waals surface area contributed by atoms with E-state index in [1.165, 1.54) is 12.0 Å². The maximum Gasteiger partial charge on any atom is 0.243 e. The molecule has 1 aromatic heterocycles. The van der Waals surface area contributed by atoms with Gasteiger partial charge in [-0.1, -0.05) is 55.7 Å². The molecule has 2 aromatic carbocycles. The number of nitrogens with one attached hydrogen (secondary N) is 1. The van der Waals surface area contributed by atoms with Gasteiger partial charge < -0.3 is 14.8 Å². The summed E-state index contributed by atoms with van der Waals surface area (Å²) in [5.74, 6) is 0.293. The average molecular weight is 445 g/mol. The zero-order valence-electron chi connectivity index (χ0n) is 19.1. The topological polar surface area (TPSA) is 67.2 Å². The van der Waals surface area contributed by atoms with Crippen LogP contribution in [0.3, 0.4) is 0 Å². The number of para-hydroxylation sites is 2. The van der Waals surface area contributed by atoms with E-state index >= 15 is 0 Å². The van der Waals surface area contributed by atoms with Crippen LogP contribution in [0.25, 0.3) is 11.0 Å². The summed E-state index contributed by atoms with van der Waals surface area (Å²) >= 11 is 0. The van der Waals surface area contributed by atoms with E-state index in [2.05, 4.69) is 45.2 Å². The molecule has 3 aromatic rings. The molecule has 1 unspecified atom stereocenters. The van der Waals surface area contributed by atoms with Gasteiger partial charge in [-0.05, 0) is 48.9 Å². The smallest absolute Gasteiger partial charge is 0.243 e. The van der Waals surface area contributed by atoms with E-state index in [0.29, 0.717) is 13.1 Å². The van der Waals surface area contributed by atoms with Crippen LogP contribution in [0.5, 0.6) is 0 Å². The Hall–Kier alpha value is -3.15. The summed E-state index contributed by atoms with van der Waals surface area (Å²) in [6.07, 6.45) is 9.00. The fraction of sp³-hybridized carbons (Fsp3) is 0.444. The quantitative estimate of drug-likeness (QED) is 0.617. The van der Waals surface area contributed by atoms with Crippen molar-refractivity contribution < 1.29 is 9.59 Å². The number of hydrogen-bond acceptors (Lipinski definition) is 3. The molecule has 33 heavy (non-hydrogen) atoms. The fourth-order valence-corrected chi connectivity index (χ4v) is 5.29. The Balaban J connectivity index is 1.16. The summed E-state index contributed by atoms with van der Waals surface area (Å²) in [4.78, 5) is 32.2.